The van der Waals surface area contributed by atoms with E-state index < -0.39 is 0 Å². The number of hydrogen-bond acceptors (Lipinski definition) is 5. The lowest BCUT2D eigenvalue weighted by molar-refractivity contribution is 0.222. The Hall–Kier alpha value is -1.47. The number of aromatic nitrogens is 3. The number of halogens is 3. The molecule has 0 spiro atoms. The molecular formula is C13H13BrClFN4O. The average molecular weight is 376 g/mol. The second-order valence-corrected chi connectivity index (χ2v) is 5.78. The molecule has 112 valence electrons. The van der Waals surface area contributed by atoms with Crippen molar-refractivity contribution in [2.75, 3.05) is 5.32 Å². The van der Waals surface area contributed by atoms with E-state index in [1.54, 1.807) is 6.07 Å². The zero-order valence-electron chi connectivity index (χ0n) is 11.6. The topological polar surface area (TPSA) is 59.9 Å². The van der Waals surface area contributed by atoms with E-state index in [2.05, 4.69) is 36.2 Å². The highest BCUT2D eigenvalue weighted by atomic mass is 79.9. The maximum Gasteiger partial charge on any atom is 0.322 e. The predicted octanol–water partition coefficient (Wildman–Crippen LogP) is 4.27. The van der Waals surface area contributed by atoms with Crippen molar-refractivity contribution in [2.45, 2.75) is 26.9 Å². The summed E-state index contributed by atoms with van der Waals surface area (Å²) >= 11 is 8.96. The van der Waals surface area contributed by atoms with Crippen molar-refractivity contribution in [3.63, 3.8) is 0 Å². The molecule has 2 aromatic rings. The molecule has 0 aliphatic heterocycles. The first kappa shape index (κ1) is 15.9. The zero-order valence-corrected chi connectivity index (χ0v) is 14.0. The standard InChI is InChI=1S/C13H13BrClFN4O/c1-6(2)21-13-19-11(15)18-12(20-13)17-10-5-9(16)8(14)4-7(10)3/h4-6H,1-3H3,(H,17,18,19,20). The zero-order chi connectivity index (χ0) is 15.6. The molecule has 0 saturated heterocycles. The van der Waals surface area contributed by atoms with Gasteiger partial charge in [0.1, 0.15) is 5.82 Å². The number of rotatable bonds is 4. The normalized spacial score (nSPS) is 10.8. The molecule has 1 aromatic carbocycles. The molecule has 1 heterocycles. The summed E-state index contributed by atoms with van der Waals surface area (Å²) in [4.78, 5) is 11.9. The largest absolute Gasteiger partial charge is 0.461 e. The molecule has 0 amide bonds. The van der Waals surface area contributed by atoms with Gasteiger partial charge in [0.2, 0.25) is 11.2 Å². The maximum atomic E-state index is 13.6. The number of benzene rings is 1. The smallest absolute Gasteiger partial charge is 0.322 e. The fourth-order valence-electron chi connectivity index (χ4n) is 1.55. The van der Waals surface area contributed by atoms with Gasteiger partial charge in [-0.1, -0.05) is 0 Å². The Kier molecular flexibility index (Phi) is 4.95. The Labute approximate surface area is 135 Å². The van der Waals surface area contributed by atoms with E-state index in [9.17, 15) is 4.39 Å². The SMILES string of the molecule is Cc1cc(Br)c(F)cc1Nc1nc(Cl)nc(OC(C)C)n1. The van der Waals surface area contributed by atoms with Gasteiger partial charge < -0.3 is 10.1 Å². The minimum atomic E-state index is -0.387. The van der Waals surface area contributed by atoms with E-state index in [-0.39, 0.29) is 29.2 Å². The van der Waals surface area contributed by atoms with Crippen LogP contribution < -0.4 is 10.1 Å². The van der Waals surface area contributed by atoms with Gasteiger partial charge in [0.15, 0.2) is 0 Å². The molecule has 0 fully saturated rings. The van der Waals surface area contributed by atoms with Crippen LogP contribution in [0.15, 0.2) is 16.6 Å². The van der Waals surface area contributed by atoms with Crippen LogP contribution in [0.5, 0.6) is 6.01 Å². The highest BCUT2D eigenvalue weighted by Gasteiger charge is 2.11. The van der Waals surface area contributed by atoms with Crippen LogP contribution in [0.3, 0.4) is 0 Å². The van der Waals surface area contributed by atoms with Crippen LogP contribution in [0, 0.1) is 12.7 Å². The Balaban J connectivity index is 2.31. The summed E-state index contributed by atoms with van der Waals surface area (Å²) in [6.07, 6.45) is -0.0943. The molecule has 0 atom stereocenters. The molecule has 1 N–H and O–H groups in total. The van der Waals surface area contributed by atoms with Crippen molar-refractivity contribution < 1.29 is 9.13 Å². The minimum Gasteiger partial charge on any atom is -0.461 e. The van der Waals surface area contributed by atoms with Crippen LogP contribution in [-0.2, 0) is 0 Å². The summed E-state index contributed by atoms with van der Waals surface area (Å²) in [7, 11) is 0. The molecule has 0 aliphatic carbocycles. The Morgan fingerprint density at radius 2 is 2.00 bits per heavy atom. The molecule has 2 rings (SSSR count). The van der Waals surface area contributed by atoms with Gasteiger partial charge in [-0.25, -0.2) is 4.39 Å². The summed E-state index contributed by atoms with van der Waals surface area (Å²) in [5.41, 5.74) is 1.36. The lowest BCUT2D eigenvalue weighted by atomic mass is 10.2. The summed E-state index contributed by atoms with van der Waals surface area (Å²) in [5.74, 6) is -0.197. The molecule has 0 unspecified atom stereocenters. The first-order chi connectivity index (χ1) is 9.85. The van der Waals surface area contributed by atoms with Crippen molar-refractivity contribution in [1.82, 2.24) is 15.0 Å². The van der Waals surface area contributed by atoms with Crippen LogP contribution in [0.1, 0.15) is 19.4 Å². The molecule has 0 aliphatic rings. The molecule has 1 aromatic heterocycles. The van der Waals surface area contributed by atoms with Crippen molar-refractivity contribution >= 4 is 39.2 Å². The van der Waals surface area contributed by atoms with Gasteiger partial charge in [-0.3, -0.25) is 0 Å². The third-order valence-corrected chi connectivity index (χ3v) is 3.22. The first-order valence-corrected chi connectivity index (χ1v) is 7.33. The Morgan fingerprint density at radius 3 is 2.67 bits per heavy atom. The van der Waals surface area contributed by atoms with Gasteiger partial charge in [0.25, 0.3) is 0 Å². The minimum absolute atomic E-state index is 0.00149. The molecule has 0 saturated carbocycles. The highest BCUT2D eigenvalue weighted by molar-refractivity contribution is 9.10. The molecule has 21 heavy (non-hydrogen) atoms. The predicted molar refractivity (Wildman–Crippen MR) is 82.7 cm³/mol. The molecule has 0 bridgehead atoms. The van der Waals surface area contributed by atoms with E-state index in [0.29, 0.717) is 10.2 Å². The van der Waals surface area contributed by atoms with E-state index in [4.69, 9.17) is 16.3 Å². The summed E-state index contributed by atoms with van der Waals surface area (Å²) in [6.45, 7) is 5.53. The van der Waals surface area contributed by atoms with E-state index >= 15 is 0 Å². The lowest BCUT2D eigenvalue weighted by Crippen LogP contribution is -2.10. The summed E-state index contributed by atoms with van der Waals surface area (Å²) in [5, 5.41) is 2.91. The summed E-state index contributed by atoms with van der Waals surface area (Å²) in [6, 6.07) is 3.12. The average Bonchev–Trinajstić information content (AvgIpc) is 2.34. The Bertz CT molecular complexity index is 669. The van der Waals surface area contributed by atoms with Gasteiger partial charge in [0, 0.05) is 5.69 Å². The van der Waals surface area contributed by atoms with Gasteiger partial charge in [0.05, 0.1) is 10.6 Å². The first-order valence-electron chi connectivity index (χ1n) is 6.16. The van der Waals surface area contributed by atoms with Gasteiger partial charge >= 0.3 is 6.01 Å². The number of hydrogen-bond donors (Lipinski definition) is 1. The molecular weight excluding hydrogens is 363 g/mol. The van der Waals surface area contributed by atoms with Crippen molar-refractivity contribution in [3.05, 3.63) is 33.3 Å². The number of aryl methyl sites for hydroxylation is 1. The van der Waals surface area contributed by atoms with E-state index in [1.807, 2.05) is 20.8 Å². The van der Waals surface area contributed by atoms with Crippen LogP contribution in [0.25, 0.3) is 0 Å². The van der Waals surface area contributed by atoms with Crippen LogP contribution in [-0.4, -0.2) is 21.1 Å². The molecule has 5 nitrogen and oxygen atoms in total. The second-order valence-electron chi connectivity index (χ2n) is 4.58. The van der Waals surface area contributed by atoms with Crippen LogP contribution >= 0.6 is 27.5 Å². The van der Waals surface area contributed by atoms with Crippen molar-refractivity contribution in [1.29, 1.82) is 0 Å². The summed E-state index contributed by atoms with van der Waals surface area (Å²) < 4.78 is 19.4. The molecule has 8 heteroatoms. The third-order valence-electron chi connectivity index (χ3n) is 2.44. The van der Waals surface area contributed by atoms with E-state index in [0.717, 1.165) is 5.56 Å². The van der Waals surface area contributed by atoms with Crippen molar-refractivity contribution in [3.8, 4) is 6.01 Å². The number of ether oxygens (including phenoxy) is 1. The van der Waals surface area contributed by atoms with Gasteiger partial charge in [-0.05, 0) is 66.0 Å². The fraction of sp³-hybridized carbons (Fsp3) is 0.308. The number of nitrogens with one attached hydrogen (secondary N) is 1. The highest BCUT2D eigenvalue weighted by Crippen LogP contribution is 2.26. The van der Waals surface area contributed by atoms with E-state index in [1.165, 1.54) is 6.07 Å². The molecule has 0 radical (unpaired) electrons. The van der Waals surface area contributed by atoms with Crippen LogP contribution in [0.2, 0.25) is 5.28 Å². The fourth-order valence-corrected chi connectivity index (χ4v) is 2.16. The van der Waals surface area contributed by atoms with Crippen molar-refractivity contribution in [2.24, 2.45) is 0 Å². The monoisotopic (exact) mass is 374 g/mol. The maximum absolute atomic E-state index is 13.6. The van der Waals surface area contributed by atoms with Gasteiger partial charge in [-0.2, -0.15) is 15.0 Å². The number of nitrogens with zero attached hydrogens (tertiary/aromatic N) is 3. The van der Waals surface area contributed by atoms with Gasteiger partial charge in [-0.15, -0.1) is 0 Å². The number of anilines is 2. The third kappa shape index (κ3) is 4.25. The van der Waals surface area contributed by atoms with Crippen LogP contribution in [0.4, 0.5) is 16.0 Å². The quantitative estimate of drug-likeness (QED) is 0.865. The lowest BCUT2D eigenvalue weighted by Gasteiger charge is -2.11. The second kappa shape index (κ2) is 6.53. The Morgan fingerprint density at radius 1 is 1.29 bits per heavy atom.